The van der Waals surface area contributed by atoms with Crippen molar-refractivity contribution in [3.05, 3.63) is 78.1 Å². The van der Waals surface area contributed by atoms with E-state index in [0.717, 1.165) is 35.7 Å². The van der Waals surface area contributed by atoms with Crippen LogP contribution in [0.5, 0.6) is 0 Å². The maximum atomic E-state index is 13.1. The number of halogens is 1. The van der Waals surface area contributed by atoms with Crippen molar-refractivity contribution in [2.75, 3.05) is 36.6 Å². The molecule has 41 heavy (non-hydrogen) atoms. The number of aromatic nitrogens is 3. The van der Waals surface area contributed by atoms with Crippen LogP contribution in [0.25, 0.3) is 22.2 Å². The van der Waals surface area contributed by atoms with Crippen molar-refractivity contribution in [3.8, 4) is 11.3 Å². The maximum Gasteiger partial charge on any atom is 0.248 e. The van der Waals surface area contributed by atoms with Gasteiger partial charge in [-0.05, 0) is 63.7 Å². The van der Waals surface area contributed by atoms with Gasteiger partial charge in [0.15, 0.2) is 0 Å². The number of likely N-dealkylation sites (N-methyl/N-ethyl adjacent to an activating group) is 1. The Morgan fingerprint density at radius 3 is 2.61 bits per heavy atom. The summed E-state index contributed by atoms with van der Waals surface area (Å²) in [5, 5.41) is 10.8. The second-order valence-corrected chi connectivity index (χ2v) is 11.0. The number of fused-ring (bicyclic) bond motifs is 1. The van der Waals surface area contributed by atoms with Crippen molar-refractivity contribution in [2.45, 2.75) is 31.7 Å². The van der Waals surface area contributed by atoms with Gasteiger partial charge in [-0.3, -0.25) is 9.59 Å². The Balaban J connectivity index is 1.17. The number of nitrogens with zero attached hydrogens (tertiary/aromatic N) is 3. The number of hydrogen-bond donors (Lipinski definition) is 4. The van der Waals surface area contributed by atoms with Crippen molar-refractivity contribution < 1.29 is 9.59 Å². The Hall–Kier alpha value is -4.21. The molecule has 1 fully saturated rings. The molecule has 2 unspecified atom stereocenters. The van der Waals surface area contributed by atoms with Crippen LogP contribution in [0.2, 0.25) is 5.02 Å². The number of hydrogen-bond acceptors (Lipinski definition) is 6. The van der Waals surface area contributed by atoms with Crippen LogP contribution < -0.4 is 16.0 Å². The molecule has 0 spiro atoms. The first-order valence-corrected chi connectivity index (χ1v) is 14.1. The topological polar surface area (TPSA) is 115 Å². The number of anilines is 3. The van der Waals surface area contributed by atoms with E-state index in [2.05, 4.69) is 25.9 Å². The summed E-state index contributed by atoms with van der Waals surface area (Å²) >= 11 is 6.49. The van der Waals surface area contributed by atoms with Crippen LogP contribution in [-0.4, -0.2) is 58.3 Å². The summed E-state index contributed by atoms with van der Waals surface area (Å²) in [4.78, 5) is 39.6. The summed E-state index contributed by atoms with van der Waals surface area (Å²) in [6, 6.07) is 15.2. The van der Waals surface area contributed by atoms with E-state index in [0.29, 0.717) is 41.0 Å². The van der Waals surface area contributed by atoms with Gasteiger partial charge in [-0.15, -0.1) is 0 Å². The molecular formula is C31H34ClN7O2. The lowest BCUT2D eigenvalue weighted by atomic mass is 9.85. The van der Waals surface area contributed by atoms with E-state index in [-0.39, 0.29) is 23.8 Å². The van der Waals surface area contributed by atoms with E-state index in [4.69, 9.17) is 16.6 Å². The second kappa shape index (κ2) is 13.0. The molecule has 1 saturated carbocycles. The van der Waals surface area contributed by atoms with Crippen LogP contribution in [0.1, 0.15) is 25.7 Å². The average molecular weight is 572 g/mol. The monoisotopic (exact) mass is 571 g/mol. The zero-order valence-electron chi connectivity index (χ0n) is 23.2. The van der Waals surface area contributed by atoms with Gasteiger partial charge in [0.05, 0.1) is 16.9 Å². The number of carbonyl (C=O) groups is 2. The zero-order valence-corrected chi connectivity index (χ0v) is 23.9. The third-order valence-electron chi connectivity index (χ3n) is 7.13. The quantitative estimate of drug-likeness (QED) is 0.185. The molecule has 1 aliphatic carbocycles. The number of aromatic amines is 1. The van der Waals surface area contributed by atoms with Gasteiger partial charge in [-0.1, -0.05) is 42.3 Å². The van der Waals surface area contributed by atoms with Crippen molar-refractivity contribution in [1.29, 1.82) is 0 Å². The molecule has 4 N–H and O–H groups in total. The van der Waals surface area contributed by atoms with Gasteiger partial charge in [0.1, 0.15) is 0 Å². The highest BCUT2D eigenvalue weighted by Gasteiger charge is 2.28. The Labute approximate surface area is 244 Å². The van der Waals surface area contributed by atoms with Crippen molar-refractivity contribution >= 4 is 51.6 Å². The first-order valence-electron chi connectivity index (χ1n) is 13.7. The molecule has 0 bridgehead atoms. The molecule has 2 aromatic carbocycles. The second-order valence-electron chi connectivity index (χ2n) is 10.6. The highest BCUT2D eigenvalue weighted by Crippen LogP contribution is 2.33. The molecule has 0 radical (unpaired) electrons. The molecule has 0 aliphatic heterocycles. The van der Waals surface area contributed by atoms with E-state index in [1.807, 2.05) is 49.5 Å². The van der Waals surface area contributed by atoms with Crippen LogP contribution in [-0.2, 0) is 9.59 Å². The molecule has 9 nitrogen and oxygen atoms in total. The molecule has 10 heteroatoms. The minimum Gasteiger partial charge on any atom is -0.360 e. The number of para-hydroxylation sites is 1. The highest BCUT2D eigenvalue weighted by atomic mass is 35.5. The molecule has 2 amide bonds. The van der Waals surface area contributed by atoms with Gasteiger partial charge in [0, 0.05) is 58.6 Å². The minimum atomic E-state index is -0.192. The zero-order chi connectivity index (χ0) is 28.8. The SMILES string of the molecule is CN(C)C/C=C/C(=O)Nc1ccc(NC(=O)C2CCCC(Nc3ncc(Cl)c(-c4c[nH]c5ccccc45)n3)C2)cc1. The lowest BCUT2D eigenvalue weighted by Gasteiger charge is -2.29. The van der Waals surface area contributed by atoms with E-state index >= 15 is 0 Å². The molecule has 2 atom stereocenters. The third-order valence-corrected chi connectivity index (χ3v) is 7.40. The third kappa shape index (κ3) is 7.31. The van der Waals surface area contributed by atoms with Gasteiger partial charge in [0.25, 0.3) is 0 Å². The number of rotatable bonds is 9. The van der Waals surface area contributed by atoms with Crippen LogP contribution in [0.4, 0.5) is 17.3 Å². The summed E-state index contributed by atoms with van der Waals surface area (Å²) in [5.74, 6) is 0.150. The summed E-state index contributed by atoms with van der Waals surface area (Å²) in [7, 11) is 3.88. The predicted molar refractivity (Wildman–Crippen MR) is 165 cm³/mol. The Kier molecular flexibility index (Phi) is 8.96. The number of H-pyrrole nitrogens is 1. The van der Waals surface area contributed by atoms with Gasteiger partial charge in [0.2, 0.25) is 17.8 Å². The smallest absolute Gasteiger partial charge is 0.248 e. The number of carbonyl (C=O) groups excluding carboxylic acids is 2. The number of nitrogens with one attached hydrogen (secondary N) is 4. The molecule has 4 aromatic rings. The van der Waals surface area contributed by atoms with Gasteiger partial charge >= 0.3 is 0 Å². The number of amides is 2. The number of benzene rings is 2. The van der Waals surface area contributed by atoms with Gasteiger partial charge in [-0.2, -0.15) is 0 Å². The van der Waals surface area contributed by atoms with Crippen LogP contribution in [0, 0.1) is 5.92 Å². The van der Waals surface area contributed by atoms with Crippen molar-refractivity contribution in [1.82, 2.24) is 19.9 Å². The van der Waals surface area contributed by atoms with E-state index in [9.17, 15) is 9.59 Å². The van der Waals surface area contributed by atoms with Crippen LogP contribution in [0.15, 0.2) is 73.1 Å². The molecule has 5 rings (SSSR count). The first kappa shape index (κ1) is 28.3. The summed E-state index contributed by atoms with van der Waals surface area (Å²) in [6.45, 7) is 0.689. The van der Waals surface area contributed by atoms with E-state index < -0.39 is 0 Å². The summed E-state index contributed by atoms with van der Waals surface area (Å²) in [5.41, 5.74) is 3.95. The van der Waals surface area contributed by atoms with Crippen molar-refractivity contribution in [2.24, 2.45) is 5.92 Å². The average Bonchev–Trinajstić information content (AvgIpc) is 3.39. The fourth-order valence-corrected chi connectivity index (χ4v) is 5.26. The Morgan fingerprint density at radius 2 is 1.83 bits per heavy atom. The summed E-state index contributed by atoms with van der Waals surface area (Å²) < 4.78 is 0. The van der Waals surface area contributed by atoms with E-state index in [1.165, 1.54) is 6.08 Å². The Bertz CT molecular complexity index is 1550. The lowest BCUT2D eigenvalue weighted by Crippen LogP contribution is -2.34. The predicted octanol–water partition coefficient (Wildman–Crippen LogP) is 5.94. The highest BCUT2D eigenvalue weighted by molar-refractivity contribution is 6.33. The lowest BCUT2D eigenvalue weighted by molar-refractivity contribution is -0.120. The standard InChI is InChI=1S/C31H34ClN7O2/c1-39(2)16-6-11-28(40)35-21-12-14-22(15-13-21)36-30(41)20-7-5-8-23(17-20)37-31-34-19-26(32)29(38-31)25-18-33-27-10-4-3-9-24(25)27/h3-4,6,9-15,18-20,23,33H,5,7-8,16-17H2,1-2H3,(H,35,40)(H,36,41)(H,34,37,38)/b11-6+. The molecular weight excluding hydrogens is 538 g/mol. The molecule has 1 aliphatic rings. The largest absolute Gasteiger partial charge is 0.360 e. The maximum absolute atomic E-state index is 13.1. The van der Waals surface area contributed by atoms with Gasteiger partial charge < -0.3 is 25.8 Å². The van der Waals surface area contributed by atoms with Crippen LogP contribution >= 0.6 is 11.6 Å². The summed E-state index contributed by atoms with van der Waals surface area (Å²) in [6.07, 6.45) is 10.2. The van der Waals surface area contributed by atoms with Crippen LogP contribution in [0.3, 0.4) is 0 Å². The van der Waals surface area contributed by atoms with Gasteiger partial charge in [-0.25, -0.2) is 9.97 Å². The minimum absolute atomic E-state index is 0.0172. The molecule has 2 heterocycles. The first-order chi connectivity index (χ1) is 19.9. The fraction of sp³-hybridized carbons (Fsp3) is 0.290. The van der Waals surface area contributed by atoms with Crippen molar-refractivity contribution in [3.63, 3.8) is 0 Å². The van der Waals surface area contributed by atoms with E-state index in [1.54, 1.807) is 36.5 Å². The fourth-order valence-electron chi connectivity index (χ4n) is 5.07. The molecule has 2 aromatic heterocycles. The molecule has 212 valence electrons. The molecule has 0 saturated heterocycles. The normalized spacial score (nSPS) is 17.2. The Morgan fingerprint density at radius 1 is 1.07 bits per heavy atom.